The minimum absolute atomic E-state index is 0.0118. The third kappa shape index (κ3) is 2.04. The summed E-state index contributed by atoms with van der Waals surface area (Å²) in [7, 11) is 0. The lowest BCUT2D eigenvalue weighted by atomic mass is 9.48. The van der Waals surface area contributed by atoms with Crippen LogP contribution in [0.5, 0.6) is 0 Å². The molecule has 3 nitrogen and oxygen atoms in total. The fraction of sp³-hybridized carbons (Fsp3) is 0.739. The third-order valence-corrected chi connectivity index (χ3v) is 9.23. The van der Waals surface area contributed by atoms with Crippen LogP contribution in [0.4, 0.5) is 0 Å². The number of Topliss-reactive ketones (excluding diaryl/α,β-unsaturated/α-hetero) is 1. The summed E-state index contributed by atoms with van der Waals surface area (Å²) in [6.07, 6.45) is 10.0. The Morgan fingerprint density at radius 2 is 2.00 bits per heavy atom. The first-order valence-electron chi connectivity index (χ1n) is 10.3. The van der Waals surface area contributed by atoms with E-state index in [2.05, 4.69) is 33.8 Å². The van der Waals surface area contributed by atoms with E-state index in [-0.39, 0.29) is 29.0 Å². The van der Waals surface area contributed by atoms with Crippen LogP contribution in [0.2, 0.25) is 0 Å². The molecule has 0 aromatic carbocycles. The van der Waals surface area contributed by atoms with Crippen molar-refractivity contribution in [3.05, 3.63) is 23.3 Å². The lowest BCUT2D eigenvalue weighted by Gasteiger charge is -2.55. The number of rotatable bonds is 2. The molecule has 3 heteroatoms. The number of aliphatic hydroxyl groups is 1. The van der Waals surface area contributed by atoms with Crippen LogP contribution >= 0.6 is 0 Å². The number of ketones is 2. The number of hydrogen-bond acceptors (Lipinski definition) is 3. The molecule has 4 rings (SSSR count). The van der Waals surface area contributed by atoms with Crippen molar-refractivity contribution in [2.75, 3.05) is 6.61 Å². The summed E-state index contributed by atoms with van der Waals surface area (Å²) in [5.74, 6) is 1.60. The first-order chi connectivity index (χ1) is 12.2. The van der Waals surface area contributed by atoms with Gasteiger partial charge in [0.15, 0.2) is 11.6 Å². The molecule has 142 valence electrons. The number of allylic oxidation sites excluding steroid dienone is 4. The van der Waals surface area contributed by atoms with Crippen molar-refractivity contribution in [2.24, 2.45) is 34.0 Å². The lowest BCUT2D eigenvalue weighted by Crippen LogP contribution is -2.51. The summed E-state index contributed by atoms with van der Waals surface area (Å²) in [6.45, 7) is 8.58. The highest BCUT2D eigenvalue weighted by atomic mass is 16.3. The highest BCUT2D eigenvalue weighted by Crippen LogP contribution is 2.69. The average Bonchev–Trinajstić information content (AvgIpc) is 2.83. The molecule has 0 aromatic heterocycles. The summed E-state index contributed by atoms with van der Waals surface area (Å²) in [5, 5.41) is 9.63. The monoisotopic (exact) mass is 356 g/mol. The maximum absolute atomic E-state index is 12.8. The minimum atomic E-state index is -0.450. The lowest BCUT2D eigenvalue weighted by molar-refractivity contribution is -0.141. The largest absolute Gasteiger partial charge is 0.389 e. The van der Waals surface area contributed by atoms with Gasteiger partial charge in [0, 0.05) is 17.3 Å². The Hall–Kier alpha value is -1.22. The van der Waals surface area contributed by atoms with Crippen molar-refractivity contribution in [3.63, 3.8) is 0 Å². The average molecular weight is 357 g/mol. The molecule has 0 heterocycles. The van der Waals surface area contributed by atoms with Crippen LogP contribution in [0.25, 0.3) is 0 Å². The molecule has 2 fully saturated rings. The maximum Gasteiger partial charge on any atom is 0.164 e. The fourth-order valence-corrected chi connectivity index (χ4v) is 7.18. The van der Waals surface area contributed by atoms with E-state index in [0.29, 0.717) is 24.2 Å². The molecule has 6 atom stereocenters. The molecule has 4 aliphatic rings. The molecule has 0 aliphatic heterocycles. The van der Waals surface area contributed by atoms with Gasteiger partial charge in [-0.2, -0.15) is 0 Å². The number of fused-ring (bicyclic) bond motifs is 5. The first kappa shape index (κ1) is 18.2. The molecular weight excluding hydrogens is 324 g/mol. The van der Waals surface area contributed by atoms with Gasteiger partial charge in [0.25, 0.3) is 0 Å². The zero-order chi connectivity index (χ0) is 18.9. The van der Waals surface area contributed by atoms with Crippen LogP contribution in [-0.2, 0) is 9.59 Å². The highest BCUT2D eigenvalue weighted by molar-refractivity contribution is 5.92. The zero-order valence-corrected chi connectivity index (χ0v) is 16.6. The van der Waals surface area contributed by atoms with E-state index in [9.17, 15) is 14.7 Å². The fourth-order valence-electron chi connectivity index (χ4n) is 7.18. The van der Waals surface area contributed by atoms with Crippen LogP contribution in [0.1, 0.15) is 66.2 Å². The Bertz CT molecular complexity index is 732. The van der Waals surface area contributed by atoms with Gasteiger partial charge in [-0.3, -0.25) is 9.59 Å². The highest BCUT2D eigenvalue weighted by Gasteiger charge is 2.65. The van der Waals surface area contributed by atoms with E-state index in [0.717, 1.165) is 32.1 Å². The van der Waals surface area contributed by atoms with Gasteiger partial charge in [-0.1, -0.05) is 44.9 Å². The van der Waals surface area contributed by atoms with Crippen molar-refractivity contribution in [1.82, 2.24) is 0 Å². The van der Waals surface area contributed by atoms with E-state index in [1.165, 1.54) is 11.1 Å². The molecule has 0 saturated heterocycles. The van der Waals surface area contributed by atoms with Crippen molar-refractivity contribution in [2.45, 2.75) is 66.2 Å². The summed E-state index contributed by atoms with van der Waals surface area (Å²) >= 11 is 0. The standard InChI is InChI=1S/C23H32O3/c1-14-11-19-17-6-5-15-12-16(25)7-9-21(15,2)18(17)8-10-22(19,3)23(14,4)20(26)13-24/h8,12,14,17,19,24H,5-7,9-11,13H2,1-4H3/t14-,17?,19?,21+,22+,23-/m1/s1. The number of hydrogen-bond donors (Lipinski definition) is 1. The zero-order valence-electron chi connectivity index (χ0n) is 16.6. The van der Waals surface area contributed by atoms with E-state index < -0.39 is 5.41 Å². The van der Waals surface area contributed by atoms with Crippen molar-refractivity contribution in [1.29, 1.82) is 0 Å². The van der Waals surface area contributed by atoms with Gasteiger partial charge in [-0.15, -0.1) is 0 Å². The summed E-state index contributed by atoms with van der Waals surface area (Å²) < 4.78 is 0. The van der Waals surface area contributed by atoms with Crippen molar-refractivity contribution < 1.29 is 14.7 Å². The summed E-state index contributed by atoms with van der Waals surface area (Å²) in [4.78, 5) is 24.7. The number of aliphatic hydroxyl groups excluding tert-OH is 1. The second-order valence-electron chi connectivity index (χ2n) is 9.92. The quantitative estimate of drug-likeness (QED) is 0.753. The second kappa shape index (κ2) is 5.64. The molecule has 4 aliphatic carbocycles. The smallest absolute Gasteiger partial charge is 0.164 e. The molecular formula is C23H32O3. The van der Waals surface area contributed by atoms with E-state index in [1.807, 2.05) is 6.08 Å². The molecule has 0 aromatic rings. The molecule has 26 heavy (non-hydrogen) atoms. The summed E-state index contributed by atoms with van der Waals surface area (Å²) in [6, 6.07) is 0. The molecule has 2 unspecified atom stereocenters. The SMILES string of the molecule is C[C@@H]1CC2C3CCC4=CC(=O)CC[C@]4(C)C3=CC[C@]2(C)[C@@]1(C)C(=O)CO. The Labute approximate surface area is 156 Å². The molecule has 0 spiro atoms. The maximum atomic E-state index is 12.8. The predicted molar refractivity (Wildman–Crippen MR) is 101 cm³/mol. The van der Waals surface area contributed by atoms with Gasteiger partial charge in [0.2, 0.25) is 0 Å². The van der Waals surface area contributed by atoms with Crippen LogP contribution in [-0.4, -0.2) is 23.3 Å². The van der Waals surface area contributed by atoms with Gasteiger partial charge in [0.05, 0.1) is 0 Å². The topological polar surface area (TPSA) is 54.4 Å². The van der Waals surface area contributed by atoms with Crippen molar-refractivity contribution in [3.8, 4) is 0 Å². The van der Waals surface area contributed by atoms with Gasteiger partial charge >= 0.3 is 0 Å². The van der Waals surface area contributed by atoms with Crippen LogP contribution in [0, 0.1) is 34.0 Å². The molecule has 0 bridgehead atoms. The number of carbonyl (C=O) groups is 2. The molecule has 2 saturated carbocycles. The van der Waals surface area contributed by atoms with E-state index in [1.54, 1.807) is 0 Å². The van der Waals surface area contributed by atoms with E-state index >= 15 is 0 Å². The molecule has 0 amide bonds. The van der Waals surface area contributed by atoms with Gasteiger partial charge in [-0.25, -0.2) is 0 Å². The van der Waals surface area contributed by atoms with Crippen molar-refractivity contribution >= 4 is 11.6 Å². The molecule has 0 radical (unpaired) electrons. The Morgan fingerprint density at radius 1 is 1.27 bits per heavy atom. The Balaban J connectivity index is 1.78. The van der Waals surface area contributed by atoms with Gasteiger partial charge in [0.1, 0.15) is 6.61 Å². The first-order valence-corrected chi connectivity index (χ1v) is 10.3. The minimum Gasteiger partial charge on any atom is -0.389 e. The van der Waals surface area contributed by atoms with E-state index in [4.69, 9.17) is 0 Å². The third-order valence-electron chi connectivity index (χ3n) is 9.23. The van der Waals surface area contributed by atoms with Crippen LogP contribution in [0.3, 0.4) is 0 Å². The predicted octanol–water partition coefficient (Wildman–Crippen LogP) is 4.25. The Morgan fingerprint density at radius 3 is 2.69 bits per heavy atom. The van der Waals surface area contributed by atoms with Gasteiger partial charge in [-0.05, 0) is 61.3 Å². The van der Waals surface area contributed by atoms with Gasteiger partial charge < -0.3 is 5.11 Å². The Kier molecular flexibility index (Phi) is 3.94. The van der Waals surface area contributed by atoms with Crippen LogP contribution in [0.15, 0.2) is 23.3 Å². The van der Waals surface area contributed by atoms with Crippen LogP contribution < -0.4 is 0 Å². The molecule has 1 N–H and O–H groups in total. The summed E-state index contributed by atoms with van der Waals surface area (Å²) in [5.41, 5.74) is 2.38. The number of carbonyl (C=O) groups excluding carboxylic acids is 2. The second-order valence-corrected chi connectivity index (χ2v) is 9.92. The normalized spacial score (nSPS) is 47.4.